The molecule has 0 bridgehead atoms. The van der Waals surface area contributed by atoms with E-state index in [1.807, 2.05) is 29.0 Å². The van der Waals surface area contributed by atoms with Crippen molar-refractivity contribution in [2.75, 3.05) is 6.54 Å². The quantitative estimate of drug-likeness (QED) is 0.717. The molecule has 2 aromatic heterocycles. The maximum Gasteiger partial charge on any atom is 0.241 e. The highest BCUT2D eigenvalue weighted by Crippen LogP contribution is 2.33. The molecule has 118 valence electrons. The maximum absolute atomic E-state index is 13.1. The number of nitrogens with zero attached hydrogens (tertiary/aromatic N) is 3. The summed E-state index contributed by atoms with van der Waals surface area (Å²) in [6, 6.07) is 9.04. The standard InChI is InChI=1S/C17H16FN3OS/c18-14-5-3-12(4-6-14)15-2-1-8-21(15)10-16-19-17(20-22-16)13-7-9-23-11-13/h3-7,9,11,15H,1-2,8,10H2. The Morgan fingerprint density at radius 3 is 2.91 bits per heavy atom. The summed E-state index contributed by atoms with van der Waals surface area (Å²) in [6.07, 6.45) is 2.19. The van der Waals surface area contributed by atoms with Gasteiger partial charge in [0.15, 0.2) is 0 Å². The van der Waals surface area contributed by atoms with Gasteiger partial charge in [0.2, 0.25) is 11.7 Å². The normalized spacial score (nSPS) is 18.6. The van der Waals surface area contributed by atoms with Crippen LogP contribution in [0.2, 0.25) is 0 Å². The van der Waals surface area contributed by atoms with E-state index in [2.05, 4.69) is 15.0 Å². The van der Waals surface area contributed by atoms with Gasteiger partial charge in [-0.05, 0) is 48.5 Å². The minimum absolute atomic E-state index is 0.199. The molecule has 1 atom stereocenters. The molecule has 4 nitrogen and oxygen atoms in total. The highest BCUT2D eigenvalue weighted by Gasteiger charge is 2.27. The molecule has 3 heterocycles. The van der Waals surface area contributed by atoms with E-state index in [0.717, 1.165) is 30.5 Å². The summed E-state index contributed by atoms with van der Waals surface area (Å²) in [5.41, 5.74) is 2.13. The molecular weight excluding hydrogens is 313 g/mol. The Morgan fingerprint density at radius 1 is 1.26 bits per heavy atom. The van der Waals surface area contributed by atoms with Crippen LogP contribution in [0.3, 0.4) is 0 Å². The third-order valence-corrected chi connectivity index (χ3v) is 4.89. The van der Waals surface area contributed by atoms with Gasteiger partial charge in [0.1, 0.15) is 5.82 Å². The minimum atomic E-state index is -0.199. The fraction of sp³-hybridized carbons (Fsp3) is 0.294. The first-order valence-corrected chi connectivity index (χ1v) is 8.58. The van der Waals surface area contributed by atoms with Crippen LogP contribution in [-0.2, 0) is 6.54 Å². The van der Waals surface area contributed by atoms with Crippen LogP contribution < -0.4 is 0 Å². The summed E-state index contributed by atoms with van der Waals surface area (Å²) < 4.78 is 18.5. The monoisotopic (exact) mass is 329 g/mol. The number of rotatable bonds is 4. The lowest BCUT2D eigenvalue weighted by atomic mass is 10.0. The molecule has 0 aliphatic carbocycles. The van der Waals surface area contributed by atoms with Crippen molar-refractivity contribution in [2.24, 2.45) is 0 Å². The predicted molar refractivity (Wildman–Crippen MR) is 86.4 cm³/mol. The van der Waals surface area contributed by atoms with E-state index in [0.29, 0.717) is 18.3 Å². The number of hydrogen-bond acceptors (Lipinski definition) is 5. The van der Waals surface area contributed by atoms with E-state index in [9.17, 15) is 4.39 Å². The van der Waals surface area contributed by atoms with Crippen LogP contribution in [0.15, 0.2) is 45.6 Å². The molecule has 1 aliphatic rings. The van der Waals surface area contributed by atoms with Gasteiger partial charge in [-0.1, -0.05) is 17.3 Å². The zero-order valence-corrected chi connectivity index (χ0v) is 13.3. The summed E-state index contributed by atoms with van der Waals surface area (Å²) in [5, 5.41) is 8.06. The summed E-state index contributed by atoms with van der Waals surface area (Å²) >= 11 is 1.61. The highest BCUT2D eigenvalue weighted by atomic mass is 32.1. The van der Waals surface area contributed by atoms with Crippen molar-refractivity contribution in [3.63, 3.8) is 0 Å². The molecule has 0 radical (unpaired) electrons. The first-order chi connectivity index (χ1) is 11.3. The van der Waals surface area contributed by atoms with Crippen molar-refractivity contribution in [1.82, 2.24) is 15.0 Å². The molecule has 0 N–H and O–H groups in total. The first-order valence-electron chi connectivity index (χ1n) is 7.64. The average molecular weight is 329 g/mol. The third kappa shape index (κ3) is 3.04. The van der Waals surface area contributed by atoms with Gasteiger partial charge in [0, 0.05) is 17.0 Å². The van der Waals surface area contributed by atoms with E-state index in [-0.39, 0.29) is 11.9 Å². The molecule has 0 spiro atoms. The Morgan fingerprint density at radius 2 is 2.13 bits per heavy atom. The zero-order chi connectivity index (χ0) is 15.6. The van der Waals surface area contributed by atoms with Crippen molar-refractivity contribution >= 4 is 11.3 Å². The van der Waals surface area contributed by atoms with Crippen molar-refractivity contribution in [1.29, 1.82) is 0 Å². The third-order valence-electron chi connectivity index (χ3n) is 4.20. The van der Waals surface area contributed by atoms with Crippen molar-refractivity contribution < 1.29 is 8.91 Å². The van der Waals surface area contributed by atoms with E-state index >= 15 is 0 Å². The van der Waals surface area contributed by atoms with Gasteiger partial charge >= 0.3 is 0 Å². The second-order valence-corrected chi connectivity index (χ2v) is 6.48. The van der Waals surface area contributed by atoms with Gasteiger partial charge in [-0.25, -0.2) is 4.39 Å². The Balaban J connectivity index is 1.50. The zero-order valence-electron chi connectivity index (χ0n) is 12.5. The van der Waals surface area contributed by atoms with Crippen LogP contribution in [-0.4, -0.2) is 21.6 Å². The molecule has 3 aromatic rings. The second-order valence-electron chi connectivity index (χ2n) is 5.70. The molecule has 1 aliphatic heterocycles. The molecular formula is C17H16FN3OS. The Hall–Kier alpha value is -2.05. The number of aromatic nitrogens is 2. The maximum atomic E-state index is 13.1. The van der Waals surface area contributed by atoms with Crippen LogP contribution in [0, 0.1) is 5.82 Å². The van der Waals surface area contributed by atoms with Gasteiger partial charge in [0.05, 0.1) is 6.54 Å². The molecule has 1 aromatic carbocycles. The lowest BCUT2D eigenvalue weighted by molar-refractivity contribution is 0.212. The smallest absolute Gasteiger partial charge is 0.241 e. The van der Waals surface area contributed by atoms with Gasteiger partial charge in [-0.3, -0.25) is 4.90 Å². The number of hydrogen-bond donors (Lipinski definition) is 0. The highest BCUT2D eigenvalue weighted by molar-refractivity contribution is 7.08. The molecule has 6 heteroatoms. The van der Waals surface area contributed by atoms with Crippen LogP contribution >= 0.6 is 11.3 Å². The van der Waals surface area contributed by atoms with Crippen molar-refractivity contribution in [3.05, 3.63) is 58.4 Å². The number of thiophene rings is 1. The lowest BCUT2D eigenvalue weighted by Gasteiger charge is -2.23. The van der Waals surface area contributed by atoms with Crippen molar-refractivity contribution in [2.45, 2.75) is 25.4 Å². The van der Waals surface area contributed by atoms with Crippen LogP contribution in [0.5, 0.6) is 0 Å². The Labute approximate surface area is 137 Å². The molecule has 0 saturated carbocycles. The van der Waals surface area contributed by atoms with Crippen molar-refractivity contribution in [3.8, 4) is 11.4 Å². The topological polar surface area (TPSA) is 42.2 Å². The minimum Gasteiger partial charge on any atom is -0.338 e. The number of benzene rings is 1. The number of likely N-dealkylation sites (tertiary alicyclic amines) is 1. The number of halogens is 1. The van der Waals surface area contributed by atoms with Gasteiger partial charge < -0.3 is 4.52 Å². The van der Waals surface area contributed by atoms with Gasteiger partial charge in [-0.15, -0.1) is 0 Å². The van der Waals surface area contributed by atoms with Gasteiger partial charge in [0.25, 0.3) is 0 Å². The molecule has 0 amide bonds. The van der Waals surface area contributed by atoms with E-state index < -0.39 is 0 Å². The molecule has 1 fully saturated rings. The Kier molecular flexibility index (Phi) is 3.93. The first kappa shape index (κ1) is 14.5. The molecule has 1 unspecified atom stereocenters. The summed E-state index contributed by atoms with van der Waals surface area (Å²) in [7, 11) is 0. The van der Waals surface area contributed by atoms with Gasteiger partial charge in [-0.2, -0.15) is 16.3 Å². The van der Waals surface area contributed by atoms with E-state index in [1.165, 1.54) is 12.1 Å². The average Bonchev–Trinajstić information content (AvgIpc) is 3.29. The summed E-state index contributed by atoms with van der Waals surface area (Å²) in [4.78, 5) is 6.80. The largest absolute Gasteiger partial charge is 0.338 e. The second kappa shape index (κ2) is 6.22. The fourth-order valence-electron chi connectivity index (χ4n) is 3.08. The lowest BCUT2D eigenvalue weighted by Crippen LogP contribution is -2.22. The molecule has 23 heavy (non-hydrogen) atoms. The van der Waals surface area contributed by atoms with E-state index in [1.54, 1.807) is 11.3 Å². The van der Waals surface area contributed by atoms with E-state index in [4.69, 9.17) is 4.52 Å². The Bertz CT molecular complexity index is 770. The molecule has 4 rings (SSSR count). The van der Waals surface area contributed by atoms with Crippen LogP contribution in [0.25, 0.3) is 11.4 Å². The predicted octanol–water partition coefficient (Wildman–Crippen LogP) is 4.27. The summed E-state index contributed by atoms with van der Waals surface area (Å²) in [5.74, 6) is 1.06. The van der Waals surface area contributed by atoms with Crippen LogP contribution in [0.4, 0.5) is 4.39 Å². The molecule has 1 saturated heterocycles. The fourth-order valence-corrected chi connectivity index (χ4v) is 3.71. The summed E-state index contributed by atoms with van der Waals surface area (Å²) in [6.45, 7) is 1.61. The van der Waals surface area contributed by atoms with Crippen LogP contribution in [0.1, 0.15) is 30.3 Å². The SMILES string of the molecule is Fc1ccc(C2CCCN2Cc2nc(-c3ccsc3)no2)cc1.